The number of amides is 2. The van der Waals surface area contributed by atoms with E-state index in [-0.39, 0.29) is 40.8 Å². The number of aromatic amines is 1. The van der Waals surface area contributed by atoms with Gasteiger partial charge in [0.2, 0.25) is 0 Å². The highest BCUT2D eigenvalue weighted by Gasteiger charge is 2.47. The number of aromatic nitrogens is 3. The van der Waals surface area contributed by atoms with Crippen molar-refractivity contribution < 1.29 is 14.2 Å². The number of hydrogen-bond donors (Lipinski definition) is 1. The Morgan fingerprint density at radius 1 is 1.00 bits per heavy atom. The van der Waals surface area contributed by atoms with Crippen molar-refractivity contribution >= 4 is 34.7 Å². The van der Waals surface area contributed by atoms with Gasteiger partial charge in [-0.1, -0.05) is 39.3 Å². The average molecular weight is 480 g/mol. The van der Waals surface area contributed by atoms with Crippen LogP contribution in [0.4, 0.5) is 0 Å². The standard InChI is InChI=1S/C26H27ClN4O3/c1-15(2)13-30-24(32)21(23(26(30)34)29-12-6-7-17(5)14-29)20-22(16(3)4)28-31(25(20)33)19-10-8-18(27)9-11-19/h6-12,14-16H,13H2,1-5H3/p+1. The van der Waals surface area contributed by atoms with E-state index in [1.54, 1.807) is 41.2 Å². The number of H-pyrrole nitrogens is 1. The maximum absolute atomic E-state index is 13.8. The summed E-state index contributed by atoms with van der Waals surface area (Å²) in [6.45, 7) is 9.95. The highest BCUT2D eigenvalue weighted by atomic mass is 35.5. The normalized spacial score (nSPS) is 14.3. The summed E-state index contributed by atoms with van der Waals surface area (Å²) >= 11 is 6.03. The van der Waals surface area contributed by atoms with Crippen molar-refractivity contribution in [1.82, 2.24) is 14.7 Å². The first-order valence-electron chi connectivity index (χ1n) is 11.3. The second-order valence-electron chi connectivity index (χ2n) is 9.30. The maximum atomic E-state index is 13.8. The van der Waals surface area contributed by atoms with E-state index in [0.29, 0.717) is 16.4 Å². The number of nitrogens with zero attached hydrogens (tertiary/aromatic N) is 3. The molecule has 0 unspecified atom stereocenters. The third kappa shape index (κ3) is 4.12. The number of halogens is 1. The number of pyridine rings is 1. The van der Waals surface area contributed by atoms with Crippen LogP contribution in [0.15, 0.2) is 53.6 Å². The van der Waals surface area contributed by atoms with E-state index in [0.717, 1.165) is 5.56 Å². The first-order chi connectivity index (χ1) is 16.1. The molecule has 2 aromatic heterocycles. The van der Waals surface area contributed by atoms with E-state index in [4.69, 9.17) is 11.6 Å². The van der Waals surface area contributed by atoms with E-state index in [9.17, 15) is 14.4 Å². The second-order valence-corrected chi connectivity index (χ2v) is 9.74. The van der Waals surface area contributed by atoms with Gasteiger partial charge in [0.25, 0.3) is 17.2 Å². The van der Waals surface area contributed by atoms with Crippen molar-refractivity contribution in [2.45, 2.75) is 40.5 Å². The molecule has 0 spiro atoms. The number of imide groups is 1. The zero-order chi connectivity index (χ0) is 24.7. The van der Waals surface area contributed by atoms with Gasteiger partial charge in [-0.3, -0.25) is 24.4 Å². The van der Waals surface area contributed by atoms with Gasteiger partial charge in [-0.05, 0) is 49.1 Å². The van der Waals surface area contributed by atoms with Crippen LogP contribution < -0.4 is 10.1 Å². The summed E-state index contributed by atoms with van der Waals surface area (Å²) < 4.78 is 3.05. The quantitative estimate of drug-likeness (QED) is 0.429. The van der Waals surface area contributed by atoms with Crippen LogP contribution in [0.1, 0.15) is 50.4 Å². The van der Waals surface area contributed by atoms with Gasteiger partial charge in [-0.2, -0.15) is 4.57 Å². The van der Waals surface area contributed by atoms with E-state index < -0.39 is 11.8 Å². The van der Waals surface area contributed by atoms with Crippen molar-refractivity contribution in [2.24, 2.45) is 5.92 Å². The Balaban J connectivity index is 2.02. The van der Waals surface area contributed by atoms with Crippen molar-refractivity contribution in [3.63, 3.8) is 0 Å². The zero-order valence-corrected chi connectivity index (χ0v) is 20.7. The summed E-state index contributed by atoms with van der Waals surface area (Å²) in [6.07, 6.45) is 3.52. The molecule has 1 N–H and O–H groups in total. The predicted octanol–water partition coefficient (Wildman–Crippen LogP) is 3.93. The second kappa shape index (κ2) is 9.06. The van der Waals surface area contributed by atoms with Gasteiger partial charge in [-0.15, -0.1) is 0 Å². The number of hydrogen-bond acceptors (Lipinski definition) is 3. The summed E-state index contributed by atoms with van der Waals surface area (Å²) in [7, 11) is 0. The Kier molecular flexibility index (Phi) is 6.32. The molecule has 0 aliphatic carbocycles. The Bertz CT molecular complexity index is 1360. The third-order valence-corrected chi connectivity index (χ3v) is 5.98. The van der Waals surface area contributed by atoms with Crippen LogP contribution in [-0.2, 0) is 9.59 Å². The molecular weight excluding hydrogens is 452 g/mol. The summed E-state index contributed by atoms with van der Waals surface area (Å²) in [5, 5.41) is 3.72. The fraction of sp³-hybridized carbons (Fsp3) is 0.308. The molecule has 176 valence electrons. The van der Waals surface area contributed by atoms with Gasteiger partial charge in [-0.25, -0.2) is 4.68 Å². The van der Waals surface area contributed by atoms with Crippen LogP contribution in [0, 0.1) is 12.8 Å². The highest BCUT2D eigenvalue weighted by molar-refractivity contribution is 6.44. The Morgan fingerprint density at radius 3 is 2.26 bits per heavy atom. The van der Waals surface area contributed by atoms with Gasteiger partial charge in [0.15, 0.2) is 12.4 Å². The number of rotatable bonds is 6. The monoisotopic (exact) mass is 479 g/mol. The van der Waals surface area contributed by atoms with Gasteiger partial charge < -0.3 is 0 Å². The molecule has 0 bridgehead atoms. The molecular formula is C26H28ClN4O3+. The van der Waals surface area contributed by atoms with Crippen LogP contribution in [0.25, 0.3) is 17.0 Å². The van der Waals surface area contributed by atoms with Crippen molar-refractivity contribution in [1.29, 1.82) is 0 Å². The predicted molar refractivity (Wildman–Crippen MR) is 132 cm³/mol. The molecule has 1 aromatic carbocycles. The third-order valence-electron chi connectivity index (χ3n) is 5.73. The average Bonchev–Trinajstić information content (AvgIpc) is 3.23. The maximum Gasteiger partial charge on any atom is 0.326 e. The van der Waals surface area contributed by atoms with Crippen LogP contribution in [-0.4, -0.2) is 33.0 Å². The van der Waals surface area contributed by atoms with E-state index >= 15 is 0 Å². The molecule has 7 nitrogen and oxygen atoms in total. The Morgan fingerprint density at radius 2 is 1.68 bits per heavy atom. The minimum atomic E-state index is -0.455. The van der Waals surface area contributed by atoms with Crippen LogP contribution >= 0.6 is 11.6 Å². The molecule has 34 heavy (non-hydrogen) atoms. The lowest BCUT2D eigenvalue weighted by atomic mass is 9.98. The van der Waals surface area contributed by atoms with E-state index in [1.807, 2.05) is 46.8 Å². The molecule has 0 saturated heterocycles. The van der Waals surface area contributed by atoms with Gasteiger partial charge in [0.05, 0.1) is 11.3 Å². The molecule has 3 heterocycles. The Hall–Kier alpha value is -3.45. The lowest BCUT2D eigenvalue weighted by molar-refractivity contribution is -0.577. The molecule has 2 amide bonds. The summed E-state index contributed by atoms with van der Waals surface area (Å²) in [5.41, 5.74) is 2.25. The lowest BCUT2D eigenvalue weighted by Crippen LogP contribution is -2.41. The van der Waals surface area contributed by atoms with Crippen molar-refractivity contribution in [2.75, 3.05) is 6.54 Å². The minimum Gasteiger partial charge on any atom is -0.294 e. The molecule has 1 aliphatic heterocycles. The smallest absolute Gasteiger partial charge is 0.294 e. The molecule has 0 saturated carbocycles. The van der Waals surface area contributed by atoms with Crippen LogP contribution in [0.3, 0.4) is 0 Å². The van der Waals surface area contributed by atoms with Crippen molar-refractivity contribution in [3.8, 4) is 5.69 Å². The topological polar surface area (TPSA) is 79.1 Å². The highest BCUT2D eigenvalue weighted by Crippen LogP contribution is 2.32. The summed E-state index contributed by atoms with van der Waals surface area (Å²) in [6, 6.07) is 10.6. The minimum absolute atomic E-state index is 0.0810. The number of carbonyl (C=O) groups is 2. The molecule has 8 heteroatoms. The first kappa shape index (κ1) is 23.7. The van der Waals surface area contributed by atoms with E-state index in [1.165, 1.54) is 9.58 Å². The van der Waals surface area contributed by atoms with Gasteiger partial charge in [0.1, 0.15) is 5.57 Å². The molecule has 4 rings (SSSR count). The van der Waals surface area contributed by atoms with Gasteiger partial charge in [0, 0.05) is 28.9 Å². The number of benzene rings is 1. The summed E-state index contributed by atoms with van der Waals surface area (Å²) in [4.78, 5) is 42.2. The zero-order valence-electron chi connectivity index (χ0n) is 19.9. The fourth-order valence-corrected chi connectivity index (χ4v) is 4.30. The summed E-state index contributed by atoms with van der Waals surface area (Å²) in [5.74, 6) is -0.881. The van der Waals surface area contributed by atoms with Crippen molar-refractivity contribution in [3.05, 3.63) is 81.0 Å². The largest absolute Gasteiger partial charge is 0.326 e. The molecule has 0 atom stereocenters. The Labute approximate surface area is 203 Å². The van der Waals surface area contributed by atoms with Crippen LogP contribution in [0.2, 0.25) is 5.02 Å². The molecule has 0 fully saturated rings. The van der Waals surface area contributed by atoms with Crippen LogP contribution in [0.5, 0.6) is 0 Å². The van der Waals surface area contributed by atoms with E-state index in [2.05, 4.69) is 5.10 Å². The first-order valence-corrected chi connectivity index (χ1v) is 11.7. The molecule has 3 aromatic rings. The number of nitrogens with one attached hydrogen (secondary N) is 1. The fourth-order valence-electron chi connectivity index (χ4n) is 4.18. The lowest BCUT2D eigenvalue weighted by Gasteiger charge is -2.16. The van der Waals surface area contributed by atoms with Gasteiger partial charge >= 0.3 is 5.91 Å². The number of carbonyl (C=O) groups excluding carboxylic acids is 2. The SMILES string of the molecule is Cc1ccc[n+](C2=C(c3c(C(C)C)[nH]n(-c4ccc(Cl)cc4)c3=O)C(=O)N(CC(C)C)C2=O)c1. The number of aryl methyl sites for hydroxylation is 1. The molecule has 0 radical (unpaired) electrons. The molecule has 1 aliphatic rings.